The van der Waals surface area contributed by atoms with Gasteiger partial charge < -0.3 is 10.5 Å². The first-order valence-electron chi connectivity index (χ1n) is 4.62. The van der Waals surface area contributed by atoms with Crippen LogP contribution in [0.1, 0.15) is 5.01 Å². The van der Waals surface area contributed by atoms with Crippen molar-refractivity contribution < 1.29 is 4.74 Å². The lowest BCUT2D eigenvalue weighted by Gasteiger charge is -1.96. The lowest BCUT2D eigenvalue weighted by atomic mass is 10.3. The van der Waals surface area contributed by atoms with Gasteiger partial charge in [-0.05, 0) is 18.2 Å². The molecular weight excluding hydrogens is 232 g/mol. The van der Waals surface area contributed by atoms with Crippen LogP contribution in [0.5, 0.6) is 0 Å². The molecule has 0 spiro atoms. The number of ether oxygens (including phenoxy) is 1. The number of hydrogen-bond donors (Lipinski definition) is 1. The van der Waals surface area contributed by atoms with Gasteiger partial charge in [-0.25, -0.2) is 4.98 Å². The minimum atomic E-state index is 0.522. The molecule has 0 saturated carbocycles. The Bertz CT molecular complexity index is 458. The fraction of sp³-hybridized carbons (Fsp3) is 0.300. The van der Waals surface area contributed by atoms with Crippen molar-refractivity contribution in [3.8, 4) is 0 Å². The SMILES string of the molecule is NCCOCc1nc2cc(Cl)ccc2s1. The van der Waals surface area contributed by atoms with Gasteiger partial charge in [0.15, 0.2) is 0 Å². The summed E-state index contributed by atoms with van der Waals surface area (Å²) in [6, 6.07) is 5.70. The molecule has 0 aliphatic heterocycles. The fourth-order valence-corrected chi connectivity index (χ4v) is 2.30. The maximum atomic E-state index is 5.87. The Kier molecular flexibility index (Phi) is 3.53. The van der Waals surface area contributed by atoms with Gasteiger partial charge in [-0.15, -0.1) is 11.3 Å². The maximum Gasteiger partial charge on any atom is 0.120 e. The monoisotopic (exact) mass is 242 g/mol. The van der Waals surface area contributed by atoms with E-state index in [2.05, 4.69) is 4.98 Å². The molecule has 0 atom stereocenters. The summed E-state index contributed by atoms with van der Waals surface area (Å²) in [5.41, 5.74) is 6.26. The molecule has 80 valence electrons. The van der Waals surface area contributed by atoms with Gasteiger partial charge in [0, 0.05) is 11.6 Å². The highest BCUT2D eigenvalue weighted by Crippen LogP contribution is 2.25. The average Bonchev–Trinajstić information content (AvgIpc) is 2.60. The summed E-state index contributed by atoms with van der Waals surface area (Å²) in [6.07, 6.45) is 0. The van der Waals surface area contributed by atoms with Crippen LogP contribution >= 0.6 is 22.9 Å². The predicted octanol–water partition coefficient (Wildman–Crippen LogP) is 2.42. The van der Waals surface area contributed by atoms with Crippen LogP contribution in [0.15, 0.2) is 18.2 Å². The topological polar surface area (TPSA) is 48.1 Å². The number of benzene rings is 1. The van der Waals surface area contributed by atoms with E-state index in [0.29, 0.717) is 24.8 Å². The van der Waals surface area contributed by atoms with Crippen molar-refractivity contribution in [3.05, 3.63) is 28.2 Å². The van der Waals surface area contributed by atoms with Crippen LogP contribution in [0.25, 0.3) is 10.2 Å². The van der Waals surface area contributed by atoms with E-state index in [1.165, 1.54) is 0 Å². The van der Waals surface area contributed by atoms with Gasteiger partial charge in [0.1, 0.15) is 5.01 Å². The van der Waals surface area contributed by atoms with Gasteiger partial charge in [-0.1, -0.05) is 11.6 Å². The lowest BCUT2D eigenvalue weighted by molar-refractivity contribution is 0.128. The first-order valence-corrected chi connectivity index (χ1v) is 5.82. The van der Waals surface area contributed by atoms with Crippen molar-refractivity contribution in [3.63, 3.8) is 0 Å². The third kappa shape index (κ3) is 2.66. The Morgan fingerprint density at radius 1 is 1.47 bits per heavy atom. The minimum Gasteiger partial charge on any atom is -0.373 e. The van der Waals surface area contributed by atoms with E-state index in [4.69, 9.17) is 22.1 Å². The number of rotatable bonds is 4. The second-order valence-electron chi connectivity index (χ2n) is 3.06. The molecule has 0 radical (unpaired) electrons. The highest BCUT2D eigenvalue weighted by molar-refractivity contribution is 7.18. The fourth-order valence-electron chi connectivity index (χ4n) is 1.25. The number of nitrogens with zero attached hydrogens (tertiary/aromatic N) is 1. The van der Waals surface area contributed by atoms with E-state index in [9.17, 15) is 0 Å². The summed E-state index contributed by atoms with van der Waals surface area (Å²) in [6.45, 7) is 1.63. The molecule has 0 bridgehead atoms. The molecule has 2 N–H and O–H groups in total. The average molecular weight is 243 g/mol. The zero-order chi connectivity index (χ0) is 10.7. The van der Waals surface area contributed by atoms with E-state index in [1.807, 2.05) is 18.2 Å². The zero-order valence-corrected chi connectivity index (χ0v) is 9.64. The Balaban J connectivity index is 2.16. The molecule has 3 nitrogen and oxygen atoms in total. The molecule has 2 aromatic rings. The highest BCUT2D eigenvalue weighted by atomic mass is 35.5. The van der Waals surface area contributed by atoms with E-state index < -0.39 is 0 Å². The van der Waals surface area contributed by atoms with Crippen LogP contribution < -0.4 is 5.73 Å². The summed E-state index contributed by atoms with van der Waals surface area (Å²) in [5, 5.41) is 1.67. The van der Waals surface area contributed by atoms with E-state index in [0.717, 1.165) is 15.2 Å². The zero-order valence-electron chi connectivity index (χ0n) is 8.07. The largest absolute Gasteiger partial charge is 0.373 e. The van der Waals surface area contributed by atoms with Crippen LogP contribution in [0.3, 0.4) is 0 Å². The molecular formula is C10H11ClN2OS. The maximum absolute atomic E-state index is 5.87. The smallest absolute Gasteiger partial charge is 0.120 e. The second kappa shape index (κ2) is 4.90. The number of hydrogen-bond acceptors (Lipinski definition) is 4. The molecule has 2 rings (SSSR count). The molecule has 15 heavy (non-hydrogen) atoms. The van der Waals surface area contributed by atoms with Crippen molar-refractivity contribution in [1.82, 2.24) is 4.98 Å². The number of halogens is 1. The highest BCUT2D eigenvalue weighted by Gasteiger charge is 2.03. The van der Waals surface area contributed by atoms with Crippen LogP contribution in [0.2, 0.25) is 5.02 Å². The molecule has 0 aliphatic rings. The van der Waals surface area contributed by atoms with Crippen LogP contribution in [0.4, 0.5) is 0 Å². The first-order chi connectivity index (χ1) is 7.29. The van der Waals surface area contributed by atoms with E-state index in [1.54, 1.807) is 11.3 Å². The van der Waals surface area contributed by atoms with Gasteiger partial charge in [-0.3, -0.25) is 0 Å². The second-order valence-corrected chi connectivity index (χ2v) is 4.61. The van der Waals surface area contributed by atoms with E-state index >= 15 is 0 Å². The number of nitrogens with two attached hydrogens (primary N) is 1. The van der Waals surface area contributed by atoms with Crippen molar-refractivity contribution >= 4 is 33.2 Å². The Morgan fingerprint density at radius 3 is 3.13 bits per heavy atom. The molecule has 0 saturated heterocycles. The third-order valence-electron chi connectivity index (χ3n) is 1.88. The van der Waals surface area contributed by atoms with Gasteiger partial charge in [0.2, 0.25) is 0 Å². The lowest BCUT2D eigenvalue weighted by Crippen LogP contribution is -2.07. The summed E-state index contributed by atoms with van der Waals surface area (Å²) in [5.74, 6) is 0. The molecule has 0 amide bonds. The summed E-state index contributed by atoms with van der Waals surface area (Å²) >= 11 is 7.49. The third-order valence-corrected chi connectivity index (χ3v) is 3.13. The summed E-state index contributed by atoms with van der Waals surface area (Å²) in [7, 11) is 0. The van der Waals surface area contributed by atoms with Crippen molar-refractivity contribution in [2.45, 2.75) is 6.61 Å². The molecule has 0 aliphatic carbocycles. The van der Waals surface area contributed by atoms with E-state index in [-0.39, 0.29) is 0 Å². The normalized spacial score (nSPS) is 11.1. The number of fused-ring (bicyclic) bond motifs is 1. The quantitative estimate of drug-likeness (QED) is 0.838. The van der Waals surface area contributed by atoms with Crippen LogP contribution in [-0.4, -0.2) is 18.1 Å². The number of thiazole rings is 1. The van der Waals surface area contributed by atoms with Crippen molar-refractivity contribution in [2.24, 2.45) is 5.73 Å². The Labute approximate surface area is 96.8 Å². The van der Waals surface area contributed by atoms with Gasteiger partial charge in [-0.2, -0.15) is 0 Å². The van der Waals surface area contributed by atoms with Crippen LogP contribution in [-0.2, 0) is 11.3 Å². The van der Waals surface area contributed by atoms with Crippen molar-refractivity contribution in [1.29, 1.82) is 0 Å². The molecule has 5 heteroatoms. The summed E-state index contributed by atoms with van der Waals surface area (Å²) < 4.78 is 6.45. The number of aromatic nitrogens is 1. The Morgan fingerprint density at radius 2 is 2.33 bits per heavy atom. The predicted molar refractivity (Wildman–Crippen MR) is 63.3 cm³/mol. The minimum absolute atomic E-state index is 0.522. The van der Waals surface area contributed by atoms with Crippen LogP contribution in [0, 0.1) is 0 Å². The standard InChI is InChI=1S/C10H11ClN2OS/c11-7-1-2-9-8(5-7)13-10(15-9)6-14-4-3-12/h1-2,5H,3-4,6,12H2. The molecule has 1 aromatic carbocycles. The van der Waals surface area contributed by atoms with Gasteiger partial charge in [0.05, 0.1) is 23.4 Å². The van der Waals surface area contributed by atoms with Crippen molar-refractivity contribution in [2.75, 3.05) is 13.2 Å². The molecule has 1 heterocycles. The van der Waals surface area contributed by atoms with Gasteiger partial charge >= 0.3 is 0 Å². The summed E-state index contributed by atoms with van der Waals surface area (Å²) in [4.78, 5) is 4.41. The molecule has 1 aromatic heterocycles. The molecule has 0 unspecified atom stereocenters. The Hall–Kier alpha value is -0.680. The first kappa shape index (κ1) is 10.8. The van der Waals surface area contributed by atoms with Gasteiger partial charge in [0.25, 0.3) is 0 Å². The molecule has 0 fully saturated rings.